The number of nitrogens with zero attached hydrogens (tertiary/aromatic N) is 2. The Morgan fingerprint density at radius 2 is 0.854 bits per heavy atom. The maximum absolute atomic E-state index is 12.6. The van der Waals surface area contributed by atoms with E-state index in [9.17, 15) is 15.3 Å². The summed E-state index contributed by atoms with van der Waals surface area (Å²) in [7, 11) is 0. The molecule has 0 radical (unpaired) electrons. The van der Waals surface area contributed by atoms with Gasteiger partial charge in [0, 0.05) is 36.3 Å². The third-order valence-electron chi connectivity index (χ3n) is 10.7. The molecule has 0 saturated carbocycles. The Morgan fingerprint density at radius 1 is 0.542 bits per heavy atom. The Hall–Kier alpha value is -4.26. The van der Waals surface area contributed by atoms with Crippen LogP contribution in [0.1, 0.15) is 64.6 Å². The van der Waals surface area contributed by atoms with Crippen molar-refractivity contribution < 1.29 is 15.3 Å². The smallest absolute Gasteiger partial charge is 0.130 e. The summed E-state index contributed by atoms with van der Waals surface area (Å²) in [4.78, 5) is 4.70. The molecule has 0 unspecified atom stereocenters. The van der Waals surface area contributed by atoms with Crippen molar-refractivity contribution in [3.05, 3.63) is 172 Å². The number of rotatable bonds is 10. The summed E-state index contributed by atoms with van der Waals surface area (Å²) in [6, 6.07) is 43.9. The van der Waals surface area contributed by atoms with Crippen LogP contribution in [-0.2, 0) is 24.3 Å². The third kappa shape index (κ3) is 5.97. The molecule has 0 bridgehead atoms. The van der Waals surface area contributed by atoms with Gasteiger partial charge in [0.15, 0.2) is 0 Å². The van der Waals surface area contributed by atoms with Gasteiger partial charge in [-0.25, -0.2) is 0 Å². The van der Waals surface area contributed by atoms with Crippen LogP contribution in [0.15, 0.2) is 133 Å². The monoisotopic (exact) mass is 638 g/mol. The van der Waals surface area contributed by atoms with E-state index in [1.165, 1.54) is 0 Å². The minimum atomic E-state index is -1.19. The number of aryl methyl sites for hydroxylation is 1. The second kappa shape index (κ2) is 13.7. The molecule has 2 fully saturated rings. The van der Waals surface area contributed by atoms with Crippen molar-refractivity contribution in [2.45, 2.75) is 69.0 Å². The molecule has 5 aromatic rings. The van der Waals surface area contributed by atoms with Gasteiger partial charge in [-0.1, -0.05) is 139 Å². The first kappa shape index (κ1) is 32.3. The Bertz CT molecular complexity index is 1590. The van der Waals surface area contributed by atoms with Gasteiger partial charge in [-0.15, -0.1) is 0 Å². The summed E-state index contributed by atoms with van der Waals surface area (Å²) < 4.78 is 0. The molecule has 0 amide bonds. The lowest BCUT2D eigenvalue weighted by atomic mass is 9.79. The summed E-state index contributed by atoms with van der Waals surface area (Å²) in [5.41, 5.74) is 3.98. The molecule has 5 heteroatoms. The van der Waals surface area contributed by atoms with Gasteiger partial charge >= 0.3 is 0 Å². The highest BCUT2D eigenvalue weighted by atomic mass is 16.3. The average Bonchev–Trinajstić information content (AvgIpc) is 3.81. The number of phenols is 1. The van der Waals surface area contributed by atoms with E-state index in [2.05, 4.69) is 28.9 Å². The molecule has 0 aromatic heterocycles. The zero-order valence-corrected chi connectivity index (χ0v) is 27.7. The second-order valence-electron chi connectivity index (χ2n) is 13.7. The lowest BCUT2D eigenvalue weighted by molar-refractivity contribution is -0.00734. The number of likely N-dealkylation sites (tertiary alicyclic amines) is 2. The van der Waals surface area contributed by atoms with Crippen LogP contribution in [0.3, 0.4) is 0 Å². The zero-order valence-electron chi connectivity index (χ0n) is 27.7. The Kier molecular flexibility index (Phi) is 9.21. The van der Waals surface area contributed by atoms with Crippen molar-refractivity contribution in [3.8, 4) is 5.75 Å². The number of hydrogen-bond donors (Lipinski definition) is 3. The number of aromatic hydroxyl groups is 1. The molecule has 0 spiro atoms. The fourth-order valence-corrected chi connectivity index (χ4v) is 8.46. The van der Waals surface area contributed by atoms with Crippen LogP contribution in [0.4, 0.5) is 0 Å². The number of phenolic OH excluding ortho intramolecular Hbond substituents is 1. The van der Waals surface area contributed by atoms with Gasteiger partial charge in [0.1, 0.15) is 17.0 Å². The van der Waals surface area contributed by atoms with Crippen LogP contribution in [0.25, 0.3) is 0 Å². The van der Waals surface area contributed by atoms with E-state index >= 15 is 0 Å². The summed E-state index contributed by atoms with van der Waals surface area (Å²) in [5.74, 6) is 0.308. The fraction of sp³-hybridized carbons (Fsp3) is 0.302. The highest BCUT2D eigenvalue weighted by molar-refractivity contribution is 5.45. The molecule has 3 N–H and O–H groups in total. The molecule has 48 heavy (non-hydrogen) atoms. The summed E-state index contributed by atoms with van der Waals surface area (Å²) in [5, 5.41) is 37.2. The highest BCUT2D eigenvalue weighted by Crippen LogP contribution is 2.43. The molecule has 2 saturated heterocycles. The van der Waals surface area contributed by atoms with E-state index in [0.29, 0.717) is 18.8 Å². The average molecular weight is 639 g/mol. The minimum Gasteiger partial charge on any atom is -0.507 e. The molecule has 7 rings (SSSR count). The Morgan fingerprint density at radius 3 is 1.17 bits per heavy atom. The molecule has 2 aliphatic heterocycles. The number of benzene rings is 5. The highest BCUT2D eigenvalue weighted by Gasteiger charge is 2.47. The molecule has 2 atom stereocenters. The van der Waals surface area contributed by atoms with Crippen molar-refractivity contribution in [1.82, 2.24) is 9.80 Å². The lowest BCUT2D eigenvalue weighted by Crippen LogP contribution is -2.48. The van der Waals surface area contributed by atoms with Crippen LogP contribution >= 0.6 is 0 Å². The molecule has 246 valence electrons. The first-order valence-corrected chi connectivity index (χ1v) is 17.4. The van der Waals surface area contributed by atoms with Crippen molar-refractivity contribution in [1.29, 1.82) is 0 Å². The van der Waals surface area contributed by atoms with Gasteiger partial charge in [0.05, 0.1) is 0 Å². The first-order chi connectivity index (χ1) is 23.4. The molecular weight excluding hydrogens is 592 g/mol. The maximum atomic E-state index is 12.6. The van der Waals surface area contributed by atoms with Crippen LogP contribution in [0.5, 0.6) is 5.75 Å². The van der Waals surface area contributed by atoms with Gasteiger partial charge in [-0.2, -0.15) is 0 Å². The Labute approximate surface area is 284 Å². The summed E-state index contributed by atoms with van der Waals surface area (Å²) in [6.45, 7) is 4.84. The zero-order chi connectivity index (χ0) is 33.1. The van der Waals surface area contributed by atoms with Gasteiger partial charge in [-0.3, -0.25) is 9.80 Å². The van der Waals surface area contributed by atoms with Crippen LogP contribution in [0.2, 0.25) is 0 Å². The minimum absolute atomic E-state index is 0.152. The quantitative estimate of drug-likeness (QED) is 0.148. The molecule has 5 nitrogen and oxygen atoms in total. The van der Waals surface area contributed by atoms with Gasteiger partial charge in [0.25, 0.3) is 0 Å². The maximum Gasteiger partial charge on any atom is 0.130 e. The van der Waals surface area contributed by atoms with E-state index in [0.717, 1.165) is 77.7 Å². The number of aliphatic hydroxyl groups is 2. The predicted octanol–water partition coefficient (Wildman–Crippen LogP) is 7.50. The van der Waals surface area contributed by atoms with E-state index in [4.69, 9.17) is 0 Å². The molecule has 2 aliphatic rings. The van der Waals surface area contributed by atoms with E-state index < -0.39 is 11.2 Å². The standard InChI is InChI=1S/C43H46N2O3/c1-32-28-33(30-44-26-14-24-39(44)42(47,35-16-6-2-7-17-35)36-18-8-3-9-19-36)41(46)34(29-32)31-45-27-15-25-40(45)43(48,37-20-10-4-11-21-37)38-22-12-5-13-23-38/h2-13,16-23,28-29,39-40,46-48H,14-15,24-27,30-31H2,1H3/t39-,40-/m0/s1. The first-order valence-electron chi connectivity index (χ1n) is 17.4. The molecular formula is C43H46N2O3. The molecule has 5 aromatic carbocycles. The van der Waals surface area contributed by atoms with Gasteiger partial charge in [0.2, 0.25) is 0 Å². The molecule has 0 aliphatic carbocycles. The van der Waals surface area contributed by atoms with Gasteiger partial charge < -0.3 is 15.3 Å². The van der Waals surface area contributed by atoms with Crippen molar-refractivity contribution in [2.75, 3.05) is 13.1 Å². The largest absolute Gasteiger partial charge is 0.507 e. The van der Waals surface area contributed by atoms with E-state index in [1.807, 2.05) is 121 Å². The van der Waals surface area contributed by atoms with Crippen molar-refractivity contribution >= 4 is 0 Å². The second-order valence-corrected chi connectivity index (χ2v) is 13.7. The SMILES string of the molecule is Cc1cc(CN2CCC[C@H]2C(O)(c2ccccc2)c2ccccc2)c(O)c(CN2CCC[C@H]2C(O)(c2ccccc2)c2ccccc2)c1. The van der Waals surface area contributed by atoms with Crippen LogP contribution < -0.4 is 0 Å². The van der Waals surface area contributed by atoms with Crippen molar-refractivity contribution in [3.63, 3.8) is 0 Å². The number of hydrogen-bond acceptors (Lipinski definition) is 5. The topological polar surface area (TPSA) is 67.2 Å². The van der Waals surface area contributed by atoms with E-state index in [-0.39, 0.29) is 12.1 Å². The molecule has 2 heterocycles. The van der Waals surface area contributed by atoms with Crippen molar-refractivity contribution in [2.24, 2.45) is 0 Å². The summed E-state index contributed by atoms with van der Waals surface area (Å²) >= 11 is 0. The fourth-order valence-electron chi connectivity index (χ4n) is 8.46. The summed E-state index contributed by atoms with van der Waals surface area (Å²) in [6.07, 6.45) is 3.65. The van der Waals surface area contributed by atoms with E-state index in [1.54, 1.807) is 0 Å². The van der Waals surface area contributed by atoms with Crippen LogP contribution in [-0.4, -0.2) is 50.3 Å². The Balaban J connectivity index is 1.19. The third-order valence-corrected chi connectivity index (χ3v) is 10.7. The van der Waals surface area contributed by atoms with Crippen LogP contribution in [0, 0.1) is 6.92 Å². The van der Waals surface area contributed by atoms with Gasteiger partial charge in [-0.05, 0) is 68.0 Å². The normalized spacial score (nSPS) is 19.1. The lowest BCUT2D eigenvalue weighted by Gasteiger charge is -2.41. The predicted molar refractivity (Wildman–Crippen MR) is 191 cm³/mol.